The van der Waals surface area contributed by atoms with E-state index >= 15 is 0 Å². The van der Waals surface area contributed by atoms with Gasteiger partial charge in [-0.1, -0.05) is 17.7 Å². The van der Waals surface area contributed by atoms with Crippen LogP contribution in [0.15, 0.2) is 30.9 Å². The molecular formula is C12H12ClF2N3O. The van der Waals surface area contributed by atoms with Gasteiger partial charge in [-0.05, 0) is 19.1 Å². The fourth-order valence-corrected chi connectivity index (χ4v) is 2.16. The summed E-state index contributed by atoms with van der Waals surface area (Å²) in [5.74, 6) is -0.552. The summed E-state index contributed by atoms with van der Waals surface area (Å²) in [7, 11) is 0. The number of benzene rings is 1. The second kappa shape index (κ2) is 5.22. The standard InChI is InChI=1S/C12H12ClF2N3O/c1-8(14)12(19,5-18-7-16-6-17-18)10-3-2-9(15)4-11(10)13/h2-4,6-8,19H,5H2,1H3. The molecule has 0 fully saturated rings. The molecule has 4 nitrogen and oxygen atoms in total. The molecule has 0 saturated heterocycles. The minimum absolute atomic E-state index is 0.0351. The van der Waals surface area contributed by atoms with Crippen molar-refractivity contribution in [2.75, 3.05) is 0 Å². The van der Waals surface area contributed by atoms with Gasteiger partial charge >= 0.3 is 0 Å². The number of hydrogen-bond donors (Lipinski definition) is 1. The SMILES string of the molecule is CC(F)C(O)(Cn1cncn1)c1ccc(F)cc1Cl. The fourth-order valence-electron chi connectivity index (χ4n) is 1.83. The molecular weight excluding hydrogens is 276 g/mol. The van der Waals surface area contributed by atoms with E-state index in [-0.39, 0.29) is 17.1 Å². The molecule has 1 heterocycles. The normalized spacial score (nSPS) is 16.1. The van der Waals surface area contributed by atoms with Crippen molar-refractivity contribution in [1.29, 1.82) is 0 Å². The number of hydrogen-bond acceptors (Lipinski definition) is 3. The van der Waals surface area contributed by atoms with Crippen LogP contribution in [0.4, 0.5) is 8.78 Å². The molecule has 1 aromatic carbocycles. The zero-order valence-corrected chi connectivity index (χ0v) is 10.8. The van der Waals surface area contributed by atoms with Gasteiger partial charge in [0, 0.05) is 10.6 Å². The highest BCUT2D eigenvalue weighted by Crippen LogP contribution is 2.34. The van der Waals surface area contributed by atoms with E-state index in [1.165, 1.54) is 30.3 Å². The number of alkyl halides is 1. The summed E-state index contributed by atoms with van der Waals surface area (Å²) in [6.07, 6.45) is 1.00. The van der Waals surface area contributed by atoms with Crippen molar-refractivity contribution < 1.29 is 13.9 Å². The van der Waals surface area contributed by atoms with Crippen LogP contribution in [0.2, 0.25) is 5.02 Å². The maximum absolute atomic E-state index is 13.8. The first kappa shape index (κ1) is 13.9. The average Bonchev–Trinajstić information content (AvgIpc) is 2.81. The monoisotopic (exact) mass is 287 g/mol. The minimum Gasteiger partial charge on any atom is -0.380 e. The van der Waals surface area contributed by atoms with Crippen LogP contribution >= 0.6 is 11.6 Å². The van der Waals surface area contributed by atoms with Crippen molar-refractivity contribution in [3.63, 3.8) is 0 Å². The first-order valence-corrected chi connectivity index (χ1v) is 5.95. The van der Waals surface area contributed by atoms with Gasteiger partial charge in [0.1, 0.15) is 30.2 Å². The van der Waals surface area contributed by atoms with Gasteiger partial charge in [-0.15, -0.1) is 0 Å². The molecule has 102 valence electrons. The summed E-state index contributed by atoms with van der Waals surface area (Å²) >= 11 is 5.89. The van der Waals surface area contributed by atoms with Gasteiger partial charge in [0.05, 0.1) is 6.54 Å². The van der Waals surface area contributed by atoms with E-state index in [0.29, 0.717) is 0 Å². The van der Waals surface area contributed by atoms with E-state index in [9.17, 15) is 13.9 Å². The van der Waals surface area contributed by atoms with E-state index < -0.39 is 17.6 Å². The van der Waals surface area contributed by atoms with Gasteiger partial charge < -0.3 is 5.11 Å². The molecule has 0 saturated carbocycles. The number of nitrogens with zero attached hydrogens (tertiary/aromatic N) is 3. The van der Waals surface area contributed by atoms with E-state index in [1.54, 1.807) is 0 Å². The van der Waals surface area contributed by atoms with Gasteiger partial charge in [0.15, 0.2) is 0 Å². The maximum atomic E-state index is 13.8. The maximum Gasteiger partial charge on any atom is 0.141 e. The highest BCUT2D eigenvalue weighted by atomic mass is 35.5. The third-order valence-electron chi connectivity index (χ3n) is 2.93. The van der Waals surface area contributed by atoms with Gasteiger partial charge in [0.2, 0.25) is 0 Å². The smallest absolute Gasteiger partial charge is 0.141 e. The molecule has 0 spiro atoms. The van der Waals surface area contributed by atoms with Crippen molar-refractivity contribution in [2.45, 2.75) is 25.2 Å². The highest BCUT2D eigenvalue weighted by molar-refractivity contribution is 6.31. The molecule has 7 heteroatoms. The van der Waals surface area contributed by atoms with Crippen LogP contribution in [0.25, 0.3) is 0 Å². The number of halogens is 3. The van der Waals surface area contributed by atoms with Gasteiger partial charge in [-0.2, -0.15) is 5.10 Å². The third-order valence-corrected chi connectivity index (χ3v) is 3.24. The van der Waals surface area contributed by atoms with Crippen LogP contribution in [0, 0.1) is 5.82 Å². The molecule has 1 aromatic heterocycles. The van der Waals surface area contributed by atoms with Crippen molar-refractivity contribution in [2.24, 2.45) is 0 Å². The molecule has 19 heavy (non-hydrogen) atoms. The van der Waals surface area contributed by atoms with E-state index in [2.05, 4.69) is 10.1 Å². The Balaban J connectivity index is 2.43. The fraction of sp³-hybridized carbons (Fsp3) is 0.333. The van der Waals surface area contributed by atoms with E-state index in [4.69, 9.17) is 11.6 Å². The van der Waals surface area contributed by atoms with Gasteiger partial charge in [0.25, 0.3) is 0 Å². The van der Waals surface area contributed by atoms with Crippen LogP contribution in [-0.4, -0.2) is 26.0 Å². The Morgan fingerprint density at radius 1 is 1.53 bits per heavy atom. The van der Waals surface area contributed by atoms with Crippen molar-refractivity contribution in [3.05, 3.63) is 47.3 Å². The Bertz CT molecular complexity index is 562. The second-order valence-electron chi connectivity index (χ2n) is 4.26. The summed E-state index contributed by atoms with van der Waals surface area (Å²) in [6, 6.07) is 3.42. The average molecular weight is 288 g/mol. The predicted molar refractivity (Wildman–Crippen MR) is 65.9 cm³/mol. The lowest BCUT2D eigenvalue weighted by atomic mass is 9.89. The molecule has 2 rings (SSSR count). The lowest BCUT2D eigenvalue weighted by Gasteiger charge is -2.30. The topological polar surface area (TPSA) is 50.9 Å². The zero-order chi connectivity index (χ0) is 14.0. The van der Waals surface area contributed by atoms with Gasteiger partial charge in [-0.25, -0.2) is 18.4 Å². The molecule has 2 unspecified atom stereocenters. The number of aliphatic hydroxyl groups is 1. The Morgan fingerprint density at radius 3 is 2.79 bits per heavy atom. The van der Waals surface area contributed by atoms with Crippen LogP contribution in [0.3, 0.4) is 0 Å². The van der Waals surface area contributed by atoms with Crippen molar-refractivity contribution in [3.8, 4) is 0 Å². The summed E-state index contributed by atoms with van der Waals surface area (Å²) < 4.78 is 28.2. The molecule has 0 aliphatic carbocycles. The molecule has 0 radical (unpaired) electrons. The molecule has 2 aromatic rings. The van der Waals surface area contributed by atoms with Crippen LogP contribution < -0.4 is 0 Å². The number of aromatic nitrogens is 3. The Hall–Kier alpha value is -1.53. The Morgan fingerprint density at radius 2 is 2.26 bits per heavy atom. The van der Waals surface area contributed by atoms with Crippen LogP contribution in [-0.2, 0) is 12.1 Å². The Labute approximate surface area is 113 Å². The molecule has 0 aliphatic rings. The summed E-state index contributed by atoms with van der Waals surface area (Å²) in [5.41, 5.74) is -1.79. The first-order valence-electron chi connectivity index (χ1n) is 5.58. The largest absolute Gasteiger partial charge is 0.380 e. The van der Waals surface area contributed by atoms with Gasteiger partial charge in [-0.3, -0.25) is 0 Å². The summed E-state index contributed by atoms with van der Waals surface area (Å²) in [4.78, 5) is 3.72. The molecule has 0 bridgehead atoms. The molecule has 2 atom stereocenters. The minimum atomic E-state index is -1.90. The molecule has 0 aliphatic heterocycles. The summed E-state index contributed by atoms with van der Waals surface area (Å²) in [6.45, 7) is 1.03. The van der Waals surface area contributed by atoms with E-state index in [1.807, 2.05) is 0 Å². The highest BCUT2D eigenvalue weighted by Gasteiger charge is 2.38. The van der Waals surface area contributed by atoms with Crippen molar-refractivity contribution in [1.82, 2.24) is 14.8 Å². The third kappa shape index (κ3) is 2.74. The quantitative estimate of drug-likeness (QED) is 0.939. The Kier molecular flexibility index (Phi) is 3.82. The first-order chi connectivity index (χ1) is 8.93. The predicted octanol–water partition coefficient (Wildman–Crippen LogP) is 2.32. The number of rotatable bonds is 4. The van der Waals surface area contributed by atoms with Crippen LogP contribution in [0.1, 0.15) is 12.5 Å². The second-order valence-corrected chi connectivity index (χ2v) is 4.66. The summed E-state index contributed by atoms with van der Waals surface area (Å²) in [5, 5.41) is 14.3. The lowest BCUT2D eigenvalue weighted by molar-refractivity contribution is -0.0498. The van der Waals surface area contributed by atoms with Crippen molar-refractivity contribution >= 4 is 11.6 Å². The molecule has 0 amide bonds. The zero-order valence-electron chi connectivity index (χ0n) is 10.1. The molecule has 1 N–H and O–H groups in total. The van der Waals surface area contributed by atoms with E-state index in [0.717, 1.165) is 12.1 Å². The lowest BCUT2D eigenvalue weighted by Crippen LogP contribution is -2.40. The van der Waals surface area contributed by atoms with Crippen LogP contribution in [0.5, 0.6) is 0 Å².